The minimum atomic E-state index is -0.203. The lowest BCUT2D eigenvalue weighted by molar-refractivity contribution is 0.415. The van der Waals surface area contributed by atoms with Gasteiger partial charge in [0.15, 0.2) is 0 Å². The second kappa shape index (κ2) is 3.74. The summed E-state index contributed by atoms with van der Waals surface area (Å²) in [7, 11) is 1.65. The summed E-state index contributed by atoms with van der Waals surface area (Å²) in [5, 5.41) is 4.20. The van der Waals surface area contributed by atoms with Crippen molar-refractivity contribution in [3.63, 3.8) is 0 Å². The van der Waals surface area contributed by atoms with Crippen LogP contribution in [0.2, 0.25) is 0 Å². The van der Waals surface area contributed by atoms with Crippen molar-refractivity contribution >= 4 is 21.5 Å². The first-order valence-corrected chi connectivity index (χ1v) is 5.44. The molecule has 0 saturated carbocycles. The second-order valence-corrected chi connectivity index (χ2v) is 4.02. The molecule has 17 heavy (non-hydrogen) atoms. The Labute approximate surface area is 98.4 Å². The highest BCUT2D eigenvalue weighted by molar-refractivity contribution is 6.07. The number of halogens is 1. The predicted molar refractivity (Wildman–Crippen MR) is 68.0 cm³/mol. The van der Waals surface area contributed by atoms with Crippen LogP contribution in [0, 0.1) is 5.82 Å². The second-order valence-electron chi connectivity index (χ2n) is 4.02. The van der Waals surface area contributed by atoms with Crippen molar-refractivity contribution in [2.75, 3.05) is 7.11 Å². The van der Waals surface area contributed by atoms with Gasteiger partial charge in [-0.05, 0) is 45.8 Å². The molecular weight excluding hydrogens is 215 g/mol. The third-order valence-corrected chi connectivity index (χ3v) is 3.00. The summed E-state index contributed by atoms with van der Waals surface area (Å²) in [6, 6.07) is 14.7. The van der Waals surface area contributed by atoms with Crippen LogP contribution >= 0.6 is 0 Å². The van der Waals surface area contributed by atoms with Crippen molar-refractivity contribution in [2.45, 2.75) is 0 Å². The van der Waals surface area contributed by atoms with E-state index in [0.717, 1.165) is 27.3 Å². The van der Waals surface area contributed by atoms with Gasteiger partial charge in [0.2, 0.25) is 0 Å². The molecule has 0 fully saturated rings. The van der Waals surface area contributed by atoms with Crippen LogP contribution in [0.15, 0.2) is 48.5 Å². The third kappa shape index (κ3) is 1.62. The molecule has 0 unspecified atom stereocenters. The normalized spacial score (nSPS) is 10.9. The lowest BCUT2D eigenvalue weighted by Gasteiger charge is -2.06. The molecule has 2 heteroatoms. The highest BCUT2D eigenvalue weighted by Gasteiger charge is 2.02. The summed E-state index contributed by atoms with van der Waals surface area (Å²) in [4.78, 5) is 0. The van der Waals surface area contributed by atoms with Gasteiger partial charge in [-0.1, -0.05) is 24.3 Å². The molecule has 0 heterocycles. The van der Waals surface area contributed by atoms with E-state index in [2.05, 4.69) is 0 Å². The zero-order valence-corrected chi connectivity index (χ0v) is 9.41. The van der Waals surface area contributed by atoms with Crippen LogP contribution in [0.1, 0.15) is 0 Å². The van der Waals surface area contributed by atoms with Gasteiger partial charge in [0, 0.05) is 0 Å². The Morgan fingerprint density at radius 2 is 1.47 bits per heavy atom. The average Bonchev–Trinajstić information content (AvgIpc) is 2.37. The number of methoxy groups -OCH3 is 1. The molecule has 1 nitrogen and oxygen atoms in total. The van der Waals surface area contributed by atoms with E-state index in [1.807, 2.05) is 36.4 Å². The minimum absolute atomic E-state index is 0.203. The van der Waals surface area contributed by atoms with Crippen LogP contribution in [-0.2, 0) is 0 Å². The summed E-state index contributed by atoms with van der Waals surface area (Å²) in [5.41, 5.74) is 0. The highest BCUT2D eigenvalue weighted by atomic mass is 19.1. The Balaban J connectivity index is 2.40. The maximum atomic E-state index is 13.1. The molecule has 3 aromatic carbocycles. The highest BCUT2D eigenvalue weighted by Crippen LogP contribution is 2.28. The molecule has 0 bridgehead atoms. The number of hydrogen-bond donors (Lipinski definition) is 0. The van der Waals surface area contributed by atoms with E-state index in [0.29, 0.717) is 0 Å². The van der Waals surface area contributed by atoms with Gasteiger partial charge in [-0.25, -0.2) is 4.39 Å². The maximum absolute atomic E-state index is 13.1. The first-order valence-electron chi connectivity index (χ1n) is 5.44. The number of rotatable bonds is 1. The molecule has 0 aliphatic rings. The molecule has 0 spiro atoms. The van der Waals surface area contributed by atoms with Crippen LogP contribution in [0.25, 0.3) is 21.5 Å². The standard InChI is InChI=1S/C15H11FO/c1-17-13-5-7-15-11(9-13)3-2-10-8-12(16)4-6-14(10)15/h2-9H,1H3. The maximum Gasteiger partial charge on any atom is 0.123 e. The molecule has 84 valence electrons. The van der Waals surface area contributed by atoms with Crippen LogP contribution in [0.4, 0.5) is 4.39 Å². The molecule has 0 N–H and O–H groups in total. The van der Waals surface area contributed by atoms with Crippen molar-refractivity contribution in [2.24, 2.45) is 0 Å². The first kappa shape index (κ1) is 10.1. The first-order chi connectivity index (χ1) is 8.28. The molecule has 0 aromatic heterocycles. The summed E-state index contributed by atoms with van der Waals surface area (Å²) < 4.78 is 18.3. The molecule has 0 saturated heterocycles. The van der Waals surface area contributed by atoms with Crippen LogP contribution in [0.3, 0.4) is 0 Å². The van der Waals surface area contributed by atoms with Crippen LogP contribution < -0.4 is 4.74 Å². The number of fused-ring (bicyclic) bond motifs is 3. The van der Waals surface area contributed by atoms with Gasteiger partial charge in [0.25, 0.3) is 0 Å². The third-order valence-electron chi connectivity index (χ3n) is 3.00. The predicted octanol–water partition coefficient (Wildman–Crippen LogP) is 4.14. The molecule has 3 aromatic rings. The van der Waals surface area contributed by atoms with E-state index in [1.165, 1.54) is 6.07 Å². The summed E-state index contributed by atoms with van der Waals surface area (Å²) in [6.45, 7) is 0. The molecule has 3 rings (SSSR count). The molecule has 0 aliphatic heterocycles. The van der Waals surface area contributed by atoms with Gasteiger partial charge in [0.05, 0.1) is 7.11 Å². The zero-order chi connectivity index (χ0) is 11.8. The van der Waals surface area contributed by atoms with Gasteiger partial charge in [-0.2, -0.15) is 0 Å². The van der Waals surface area contributed by atoms with E-state index >= 15 is 0 Å². The van der Waals surface area contributed by atoms with Gasteiger partial charge in [-0.15, -0.1) is 0 Å². The lowest BCUT2D eigenvalue weighted by Crippen LogP contribution is -1.84. The molecule has 0 amide bonds. The van der Waals surface area contributed by atoms with E-state index in [-0.39, 0.29) is 5.82 Å². The average molecular weight is 226 g/mol. The lowest BCUT2D eigenvalue weighted by atomic mass is 10.0. The van der Waals surface area contributed by atoms with Crippen molar-refractivity contribution in [3.05, 3.63) is 54.3 Å². The Hall–Kier alpha value is -2.09. The van der Waals surface area contributed by atoms with Crippen molar-refractivity contribution < 1.29 is 9.13 Å². The zero-order valence-electron chi connectivity index (χ0n) is 9.41. The van der Waals surface area contributed by atoms with Crippen LogP contribution in [0.5, 0.6) is 5.75 Å². The largest absolute Gasteiger partial charge is 0.497 e. The minimum Gasteiger partial charge on any atom is -0.497 e. The van der Waals surface area contributed by atoms with Crippen molar-refractivity contribution in [1.82, 2.24) is 0 Å². The number of hydrogen-bond acceptors (Lipinski definition) is 1. The van der Waals surface area contributed by atoms with Crippen LogP contribution in [-0.4, -0.2) is 7.11 Å². The Morgan fingerprint density at radius 3 is 2.18 bits per heavy atom. The van der Waals surface area contributed by atoms with Crippen molar-refractivity contribution in [3.8, 4) is 5.75 Å². The van der Waals surface area contributed by atoms with Gasteiger partial charge >= 0.3 is 0 Å². The SMILES string of the molecule is COc1ccc2c(ccc3cc(F)ccc32)c1. The number of ether oxygens (including phenoxy) is 1. The molecule has 0 radical (unpaired) electrons. The fourth-order valence-electron chi connectivity index (χ4n) is 2.15. The fourth-order valence-corrected chi connectivity index (χ4v) is 2.15. The topological polar surface area (TPSA) is 9.23 Å². The van der Waals surface area contributed by atoms with Gasteiger partial charge in [0.1, 0.15) is 11.6 Å². The molecule has 0 atom stereocenters. The quantitative estimate of drug-likeness (QED) is 0.566. The van der Waals surface area contributed by atoms with Crippen molar-refractivity contribution in [1.29, 1.82) is 0 Å². The van der Waals surface area contributed by atoms with Gasteiger partial charge < -0.3 is 4.74 Å². The smallest absolute Gasteiger partial charge is 0.123 e. The summed E-state index contributed by atoms with van der Waals surface area (Å²) in [5.74, 6) is 0.629. The monoisotopic (exact) mass is 226 g/mol. The summed E-state index contributed by atoms with van der Waals surface area (Å²) in [6.07, 6.45) is 0. The van der Waals surface area contributed by atoms with Gasteiger partial charge in [-0.3, -0.25) is 0 Å². The molecule has 0 aliphatic carbocycles. The van der Waals surface area contributed by atoms with E-state index in [9.17, 15) is 4.39 Å². The number of benzene rings is 3. The Kier molecular flexibility index (Phi) is 2.22. The Morgan fingerprint density at radius 1 is 0.824 bits per heavy atom. The molecular formula is C15H11FO. The van der Waals surface area contributed by atoms with E-state index in [4.69, 9.17) is 4.74 Å². The Bertz CT molecular complexity index is 704. The van der Waals surface area contributed by atoms with E-state index < -0.39 is 0 Å². The van der Waals surface area contributed by atoms with E-state index in [1.54, 1.807) is 13.2 Å². The summed E-state index contributed by atoms with van der Waals surface area (Å²) >= 11 is 0. The fraction of sp³-hybridized carbons (Fsp3) is 0.0667.